The summed E-state index contributed by atoms with van der Waals surface area (Å²) in [6.07, 6.45) is -0.490. The van der Waals surface area contributed by atoms with Crippen LogP contribution in [0.25, 0.3) is 0 Å². The Bertz CT molecular complexity index is 289. The quantitative estimate of drug-likeness (QED) is 0.900. The molecule has 0 aliphatic carbocycles. The van der Waals surface area contributed by atoms with Gasteiger partial charge in [-0.2, -0.15) is 0 Å². The Labute approximate surface area is 105 Å². The number of benzene rings is 1. The Morgan fingerprint density at radius 1 is 1.20 bits per heavy atom. The van der Waals surface area contributed by atoms with Crippen LogP contribution in [-0.2, 0) is 0 Å². The third-order valence-corrected chi connectivity index (χ3v) is 2.83. The van der Waals surface area contributed by atoms with E-state index in [9.17, 15) is 5.11 Å². The number of hydrogen-bond donors (Lipinski definition) is 2. The van der Waals surface area contributed by atoms with Crippen LogP contribution in [-0.4, -0.2) is 11.2 Å². The van der Waals surface area contributed by atoms with Crippen LogP contribution in [0.3, 0.4) is 0 Å². The van der Waals surface area contributed by atoms with Gasteiger partial charge in [-0.1, -0.05) is 41.9 Å². The fraction of sp³-hybridized carbons (Fsp3) is 0.455. The predicted octanol–water partition coefficient (Wildman–Crippen LogP) is 2.89. The first-order chi connectivity index (χ1) is 6.52. The van der Waals surface area contributed by atoms with Gasteiger partial charge in [0.2, 0.25) is 0 Å². The molecular weight excluding hydrogens is 277 g/mol. The molecule has 1 aromatic rings. The van der Waals surface area contributed by atoms with Gasteiger partial charge in [-0.15, -0.1) is 12.4 Å². The van der Waals surface area contributed by atoms with Crippen molar-refractivity contribution in [1.29, 1.82) is 0 Å². The number of halogens is 2. The summed E-state index contributed by atoms with van der Waals surface area (Å²) in [5.74, 6) is 0.175. The largest absolute Gasteiger partial charge is 0.391 e. The van der Waals surface area contributed by atoms with Gasteiger partial charge >= 0.3 is 0 Å². The highest BCUT2D eigenvalue weighted by Crippen LogP contribution is 2.21. The van der Waals surface area contributed by atoms with Crippen molar-refractivity contribution >= 4 is 28.3 Å². The second kappa shape index (κ2) is 6.48. The van der Waals surface area contributed by atoms with E-state index in [1.54, 1.807) is 0 Å². The number of rotatable bonds is 3. The zero-order chi connectivity index (χ0) is 10.7. The highest BCUT2D eigenvalue weighted by Gasteiger charge is 2.19. The maximum Gasteiger partial charge on any atom is 0.0755 e. The van der Waals surface area contributed by atoms with E-state index in [1.807, 2.05) is 38.1 Å². The highest BCUT2D eigenvalue weighted by molar-refractivity contribution is 9.10. The monoisotopic (exact) mass is 293 g/mol. The standard InChI is InChI=1S/C11H16BrNO.ClH/c1-7(2)11(14)10(13)8-3-5-9(12)6-4-8;/h3-7,10-11,14H,13H2,1-2H3;1H/t10-,11+;/m1./s1. The van der Waals surface area contributed by atoms with Crippen LogP contribution in [0.2, 0.25) is 0 Å². The molecule has 0 aliphatic heterocycles. The van der Waals surface area contributed by atoms with Crippen molar-refractivity contribution in [2.45, 2.75) is 26.0 Å². The molecule has 0 saturated carbocycles. The lowest BCUT2D eigenvalue weighted by molar-refractivity contribution is 0.0979. The van der Waals surface area contributed by atoms with E-state index < -0.39 is 6.10 Å². The first-order valence-corrected chi connectivity index (χ1v) is 5.50. The average molecular weight is 295 g/mol. The second-order valence-electron chi connectivity index (χ2n) is 3.81. The molecule has 0 saturated heterocycles. The Hall–Kier alpha value is -0.0900. The summed E-state index contributed by atoms with van der Waals surface area (Å²) in [5, 5.41) is 9.78. The molecule has 2 nitrogen and oxygen atoms in total. The molecular formula is C11H17BrClNO. The van der Waals surface area contributed by atoms with Gasteiger partial charge in [0, 0.05) is 4.47 Å². The number of nitrogens with two attached hydrogens (primary N) is 1. The lowest BCUT2D eigenvalue weighted by Crippen LogP contribution is -2.30. The molecule has 1 aromatic carbocycles. The van der Waals surface area contributed by atoms with Crippen LogP contribution in [0.5, 0.6) is 0 Å². The SMILES string of the molecule is CC(C)[C@H](O)[C@H](N)c1ccc(Br)cc1.Cl. The van der Waals surface area contributed by atoms with Gasteiger partial charge in [-0.25, -0.2) is 0 Å². The van der Waals surface area contributed by atoms with Crippen molar-refractivity contribution in [3.63, 3.8) is 0 Å². The molecule has 15 heavy (non-hydrogen) atoms. The van der Waals surface area contributed by atoms with Crippen LogP contribution in [0.4, 0.5) is 0 Å². The molecule has 0 aromatic heterocycles. The minimum atomic E-state index is -0.490. The minimum absolute atomic E-state index is 0. The zero-order valence-corrected chi connectivity index (χ0v) is 11.3. The molecule has 0 amide bonds. The fourth-order valence-corrected chi connectivity index (χ4v) is 1.56. The van der Waals surface area contributed by atoms with Gasteiger partial charge in [0.05, 0.1) is 12.1 Å². The minimum Gasteiger partial charge on any atom is -0.391 e. The number of hydrogen-bond acceptors (Lipinski definition) is 2. The van der Waals surface area contributed by atoms with Crippen LogP contribution in [0.1, 0.15) is 25.5 Å². The average Bonchev–Trinajstić information content (AvgIpc) is 2.16. The second-order valence-corrected chi connectivity index (χ2v) is 4.73. The van der Waals surface area contributed by atoms with Gasteiger partial charge in [-0.05, 0) is 23.6 Å². The molecule has 2 atom stereocenters. The molecule has 86 valence electrons. The van der Waals surface area contributed by atoms with Crippen LogP contribution >= 0.6 is 28.3 Å². The molecule has 0 aliphatic rings. The summed E-state index contributed by atoms with van der Waals surface area (Å²) in [5.41, 5.74) is 6.89. The summed E-state index contributed by atoms with van der Waals surface area (Å²) in [4.78, 5) is 0. The van der Waals surface area contributed by atoms with Crippen LogP contribution in [0.15, 0.2) is 28.7 Å². The maximum absolute atomic E-state index is 9.78. The van der Waals surface area contributed by atoms with Gasteiger partial charge in [0.15, 0.2) is 0 Å². The van der Waals surface area contributed by atoms with E-state index in [2.05, 4.69) is 15.9 Å². The van der Waals surface area contributed by atoms with Gasteiger partial charge < -0.3 is 10.8 Å². The van der Waals surface area contributed by atoms with E-state index in [4.69, 9.17) is 5.73 Å². The summed E-state index contributed by atoms with van der Waals surface area (Å²) in [6.45, 7) is 3.92. The lowest BCUT2D eigenvalue weighted by atomic mass is 9.95. The lowest BCUT2D eigenvalue weighted by Gasteiger charge is -2.22. The summed E-state index contributed by atoms with van der Waals surface area (Å²) in [7, 11) is 0. The molecule has 1 rings (SSSR count). The highest BCUT2D eigenvalue weighted by atomic mass is 79.9. The van der Waals surface area contributed by atoms with Crippen molar-refractivity contribution in [1.82, 2.24) is 0 Å². The van der Waals surface area contributed by atoms with Gasteiger partial charge in [0.1, 0.15) is 0 Å². The number of aliphatic hydroxyl groups is 1. The van der Waals surface area contributed by atoms with Crippen molar-refractivity contribution in [2.24, 2.45) is 11.7 Å². The van der Waals surface area contributed by atoms with Gasteiger partial charge in [-0.3, -0.25) is 0 Å². The smallest absolute Gasteiger partial charge is 0.0755 e. The van der Waals surface area contributed by atoms with Gasteiger partial charge in [0.25, 0.3) is 0 Å². The Morgan fingerprint density at radius 2 is 1.67 bits per heavy atom. The first-order valence-electron chi connectivity index (χ1n) is 4.71. The Kier molecular flexibility index (Phi) is 6.44. The molecule has 3 N–H and O–H groups in total. The van der Waals surface area contributed by atoms with E-state index in [1.165, 1.54) is 0 Å². The zero-order valence-electron chi connectivity index (χ0n) is 8.85. The molecule has 4 heteroatoms. The molecule has 0 fully saturated rings. The Morgan fingerprint density at radius 3 is 2.07 bits per heavy atom. The molecule has 0 spiro atoms. The van der Waals surface area contributed by atoms with E-state index >= 15 is 0 Å². The summed E-state index contributed by atoms with van der Waals surface area (Å²) < 4.78 is 1.02. The van der Waals surface area contributed by atoms with Crippen molar-refractivity contribution in [2.75, 3.05) is 0 Å². The van der Waals surface area contributed by atoms with E-state index in [-0.39, 0.29) is 24.4 Å². The Balaban J connectivity index is 0.00000196. The predicted molar refractivity (Wildman–Crippen MR) is 69.2 cm³/mol. The fourth-order valence-electron chi connectivity index (χ4n) is 1.30. The molecule has 0 unspecified atom stereocenters. The maximum atomic E-state index is 9.78. The van der Waals surface area contributed by atoms with E-state index in [0.29, 0.717) is 0 Å². The van der Waals surface area contributed by atoms with Crippen molar-refractivity contribution in [3.8, 4) is 0 Å². The first kappa shape index (κ1) is 14.9. The summed E-state index contributed by atoms with van der Waals surface area (Å²) in [6, 6.07) is 7.42. The van der Waals surface area contributed by atoms with Crippen LogP contribution < -0.4 is 5.73 Å². The third kappa shape index (κ3) is 4.11. The van der Waals surface area contributed by atoms with E-state index in [0.717, 1.165) is 10.0 Å². The van der Waals surface area contributed by atoms with Crippen LogP contribution in [0, 0.1) is 5.92 Å². The topological polar surface area (TPSA) is 46.2 Å². The normalized spacial score (nSPS) is 14.5. The summed E-state index contributed by atoms with van der Waals surface area (Å²) >= 11 is 3.36. The van der Waals surface area contributed by atoms with Crippen molar-refractivity contribution in [3.05, 3.63) is 34.3 Å². The third-order valence-electron chi connectivity index (χ3n) is 2.31. The molecule has 0 radical (unpaired) electrons. The number of aliphatic hydroxyl groups excluding tert-OH is 1. The van der Waals surface area contributed by atoms with Crippen molar-refractivity contribution < 1.29 is 5.11 Å². The molecule has 0 heterocycles. The molecule has 0 bridgehead atoms.